The summed E-state index contributed by atoms with van der Waals surface area (Å²) in [4.78, 5) is 5.66. The SMILES string of the molecule is CN=C(NCc1cccs1)NC1CCc2cn(C(C)C)nc2C1. The van der Waals surface area contributed by atoms with E-state index in [0.29, 0.717) is 12.1 Å². The van der Waals surface area contributed by atoms with Crippen LogP contribution in [0.1, 0.15) is 42.4 Å². The molecule has 0 aliphatic heterocycles. The molecule has 1 unspecified atom stereocenters. The second kappa shape index (κ2) is 7.17. The number of nitrogens with zero attached hydrogens (tertiary/aromatic N) is 3. The van der Waals surface area contributed by atoms with Crippen molar-refractivity contribution in [2.75, 3.05) is 7.05 Å². The molecular formula is C17H25N5S. The molecule has 5 nitrogen and oxygen atoms in total. The second-order valence-corrected chi connectivity index (χ2v) is 7.30. The van der Waals surface area contributed by atoms with Gasteiger partial charge < -0.3 is 10.6 Å². The summed E-state index contributed by atoms with van der Waals surface area (Å²) < 4.78 is 2.08. The first kappa shape index (κ1) is 16.1. The quantitative estimate of drug-likeness (QED) is 0.669. The van der Waals surface area contributed by atoms with Gasteiger partial charge >= 0.3 is 0 Å². The Hall–Kier alpha value is -1.82. The normalized spacial score (nSPS) is 18.1. The van der Waals surface area contributed by atoms with E-state index in [2.05, 4.69) is 57.9 Å². The fourth-order valence-electron chi connectivity index (χ4n) is 2.87. The van der Waals surface area contributed by atoms with Crippen LogP contribution in [0.15, 0.2) is 28.7 Å². The van der Waals surface area contributed by atoms with Crippen molar-refractivity contribution in [3.63, 3.8) is 0 Å². The van der Waals surface area contributed by atoms with Crippen molar-refractivity contribution in [2.45, 2.75) is 51.7 Å². The topological polar surface area (TPSA) is 54.2 Å². The van der Waals surface area contributed by atoms with Crippen molar-refractivity contribution >= 4 is 17.3 Å². The third-order valence-corrected chi connectivity index (χ3v) is 5.08. The maximum absolute atomic E-state index is 4.74. The van der Waals surface area contributed by atoms with Crippen molar-refractivity contribution in [1.29, 1.82) is 0 Å². The molecule has 0 saturated carbocycles. The first-order chi connectivity index (χ1) is 11.2. The van der Waals surface area contributed by atoms with E-state index >= 15 is 0 Å². The smallest absolute Gasteiger partial charge is 0.191 e. The largest absolute Gasteiger partial charge is 0.353 e. The summed E-state index contributed by atoms with van der Waals surface area (Å²) in [5.41, 5.74) is 2.63. The lowest BCUT2D eigenvalue weighted by atomic mass is 9.94. The molecule has 0 saturated heterocycles. The van der Waals surface area contributed by atoms with Gasteiger partial charge in [-0.3, -0.25) is 9.67 Å². The molecule has 1 aliphatic rings. The summed E-state index contributed by atoms with van der Waals surface area (Å²) in [7, 11) is 1.82. The van der Waals surface area contributed by atoms with Crippen molar-refractivity contribution in [3.05, 3.63) is 39.8 Å². The molecule has 0 radical (unpaired) electrons. The Morgan fingerprint density at radius 3 is 3.09 bits per heavy atom. The minimum atomic E-state index is 0.396. The molecule has 0 aromatic carbocycles. The van der Waals surface area contributed by atoms with Crippen molar-refractivity contribution in [1.82, 2.24) is 20.4 Å². The number of aliphatic imine (C=N–C) groups is 1. The molecule has 2 heterocycles. The Kier molecular flexibility index (Phi) is 5.00. The highest BCUT2D eigenvalue weighted by Crippen LogP contribution is 2.21. The minimum absolute atomic E-state index is 0.396. The van der Waals surface area contributed by atoms with Crippen molar-refractivity contribution in [3.8, 4) is 0 Å². The van der Waals surface area contributed by atoms with Gasteiger partial charge in [0.25, 0.3) is 0 Å². The van der Waals surface area contributed by atoms with Gasteiger partial charge in [-0.05, 0) is 43.7 Å². The van der Waals surface area contributed by atoms with E-state index in [-0.39, 0.29) is 0 Å². The van der Waals surface area contributed by atoms with E-state index in [0.717, 1.165) is 31.8 Å². The Labute approximate surface area is 141 Å². The van der Waals surface area contributed by atoms with E-state index in [1.54, 1.807) is 11.3 Å². The predicted molar refractivity (Wildman–Crippen MR) is 96.1 cm³/mol. The zero-order valence-corrected chi connectivity index (χ0v) is 14.9. The monoisotopic (exact) mass is 331 g/mol. The van der Waals surface area contributed by atoms with Gasteiger partial charge in [-0.25, -0.2) is 0 Å². The van der Waals surface area contributed by atoms with Crippen LogP contribution in [-0.4, -0.2) is 28.8 Å². The predicted octanol–water partition coefficient (Wildman–Crippen LogP) is 2.75. The summed E-state index contributed by atoms with van der Waals surface area (Å²) in [5, 5.41) is 13.8. The Morgan fingerprint density at radius 1 is 1.52 bits per heavy atom. The van der Waals surface area contributed by atoms with Gasteiger partial charge in [-0.1, -0.05) is 6.07 Å². The maximum Gasteiger partial charge on any atom is 0.191 e. The molecule has 2 aromatic heterocycles. The zero-order valence-electron chi connectivity index (χ0n) is 14.0. The lowest BCUT2D eigenvalue weighted by Crippen LogP contribution is -2.45. The van der Waals surface area contributed by atoms with Gasteiger partial charge in [0.2, 0.25) is 0 Å². The standard InChI is InChI=1S/C17H25N5S/c1-12(2)22-11-13-6-7-14(9-16(13)21-22)20-17(18-3)19-10-15-5-4-8-23-15/h4-5,8,11-12,14H,6-7,9-10H2,1-3H3,(H2,18,19,20). The Morgan fingerprint density at radius 2 is 2.39 bits per heavy atom. The fourth-order valence-corrected chi connectivity index (χ4v) is 3.52. The van der Waals surface area contributed by atoms with Crippen molar-refractivity contribution in [2.24, 2.45) is 4.99 Å². The van der Waals surface area contributed by atoms with Gasteiger partial charge in [-0.2, -0.15) is 5.10 Å². The van der Waals surface area contributed by atoms with Crippen LogP contribution in [0.4, 0.5) is 0 Å². The summed E-state index contributed by atoms with van der Waals surface area (Å²) in [6.45, 7) is 5.16. The molecule has 124 valence electrons. The van der Waals surface area contributed by atoms with Crippen LogP contribution in [0.25, 0.3) is 0 Å². The van der Waals surface area contributed by atoms with Gasteiger partial charge in [0.05, 0.1) is 12.2 Å². The van der Waals surface area contributed by atoms with Crippen LogP contribution >= 0.6 is 11.3 Å². The van der Waals surface area contributed by atoms with Crippen LogP contribution in [0.5, 0.6) is 0 Å². The highest BCUT2D eigenvalue weighted by molar-refractivity contribution is 7.09. The average molecular weight is 331 g/mol. The van der Waals surface area contributed by atoms with Gasteiger partial charge in [0, 0.05) is 36.6 Å². The van der Waals surface area contributed by atoms with Crippen molar-refractivity contribution < 1.29 is 0 Å². The molecule has 3 rings (SSSR count). The minimum Gasteiger partial charge on any atom is -0.353 e. The number of hydrogen-bond donors (Lipinski definition) is 2. The molecule has 2 N–H and O–H groups in total. The first-order valence-electron chi connectivity index (χ1n) is 8.22. The average Bonchev–Trinajstić information content (AvgIpc) is 3.20. The number of guanidine groups is 1. The van der Waals surface area contributed by atoms with Gasteiger partial charge in [0.15, 0.2) is 5.96 Å². The summed E-state index contributed by atoms with van der Waals surface area (Å²) >= 11 is 1.76. The van der Waals surface area contributed by atoms with Crippen LogP contribution in [0.2, 0.25) is 0 Å². The highest BCUT2D eigenvalue weighted by atomic mass is 32.1. The lowest BCUT2D eigenvalue weighted by molar-refractivity contribution is 0.499. The molecular weight excluding hydrogens is 306 g/mol. The van der Waals surface area contributed by atoms with E-state index in [1.807, 2.05) is 7.05 Å². The molecule has 0 bridgehead atoms. The number of hydrogen-bond acceptors (Lipinski definition) is 3. The number of nitrogens with one attached hydrogen (secondary N) is 2. The van der Waals surface area contributed by atoms with E-state index in [9.17, 15) is 0 Å². The van der Waals surface area contributed by atoms with E-state index in [4.69, 9.17) is 5.10 Å². The fraction of sp³-hybridized carbons (Fsp3) is 0.529. The van der Waals surface area contributed by atoms with Crippen LogP contribution in [0.3, 0.4) is 0 Å². The molecule has 0 spiro atoms. The van der Waals surface area contributed by atoms with Gasteiger partial charge in [0.1, 0.15) is 0 Å². The number of aromatic nitrogens is 2. The molecule has 1 aliphatic carbocycles. The number of rotatable bonds is 4. The summed E-state index contributed by atoms with van der Waals surface area (Å²) in [6, 6.07) is 5.03. The Bertz CT molecular complexity index is 657. The van der Waals surface area contributed by atoms with Crippen LogP contribution < -0.4 is 10.6 Å². The number of thiophene rings is 1. The van der Waals surface area contributed by atoms with Gasteiger partial charge in [-0.15, -0.1) is 11.3 Å². The Balaban J connectivity index is 1.57. The molecule has 23 heavy (non-hydrogen) atoms. The summed E-state index contributed by atoms with van der Waals surface area (Å²) in [5.74, 6) is 0.871. The van der Waals surface area contributed by atoms with Crippen LogP contribution in [0, 0.1) is 0 Å². The molecule has 2 aromatic rings. The molecule has 0 amide bonds. The van der Waals surface area contributed by atoms with E-state index in [1.165, 1.54) is 16.1 Å². The first-order valence-corrected chi connectivity index (χ1v) is 9.10. The zero-order chi connectivity index (χ0) is 16.2. The summed E-state index contributed by atoms with van der Waals surface area (Å²) in [6.07, 6.45) is 5.38. The lowest BCUT2D eigenvalue weighted by Gasteiger charge is -2.24. The second-order valence-electron chi connectivity index (χ2n) is 6.26. The highest BCUT2D eigenvalue weighted by Gasteiger charge is 2.22. The molecule has 6 heteroatoms. The van der Waals surface area contributed by atoms with E-state index < -0.39 is 0 Å². The maximum atomic E-state index is 4.74. The third-order valence-electron chi connectivity index (χ3n) is 4.20. The molecule has 0 fully saturated rings. The number of aryl methyl sites for hydroxylation is 1. The third kappa shape index (κ3) is 3.93. The molecule has 1 atom stereocenters. The number of fused-ring (bicyclic) bond motifs is 1. The van der Waals surface area contributed by atoms with Crippen LogP contribution in [-0.2, 0) is 19.4 Å².